The SMILES string of the molecule is CCc1nn(C)cc1NCC1CCCN(C)C1. The number of nitrogens with one attached hydrogen (secondary N) is 1. The highest BCUT2D eigenvalue weighted by Crippen LogP contribution is 2.18. The number of piperidine rings is 1. The number of rotatable bonds is 4. The van der Waals surface area contributed by atoms with Crippen molar-refractivity contribution in [3.8, 4) is 0 Å². The van der Waals surface area contributed by atoms with E-state index in [0.717, 1.165) is 18.9 Å². The van der Waals surface area contributed by atoms with Crippen molar-refractivity contribution in [1.29, 1.82) is 0 Å². The minimum absolute atomic E-state index is 0.777. The summed E-state index contributed by atoms with van der Waals surface area (Å²) in [7, 11) is 4.20. The first kappa shape index (κ1) is 12.4. The number of likely N-dealkylation sites (tertiary alicyclic amines) is 1. The third-order valence-electron chi connectivity index (χ3n) is 3.54. The molecular formula is C13H24N4. The molecule has 1 N–H and O–H groups in total. The molecule has 0 amide bonds. The Morgan fingerprint density at radius 2 is 2.29 bits per heavy atom. The smallest absolute Gasteiger partial charge is 0.0853 e. The molecule has 1 aromatic heterocycles. The zero-order valence-corrected chi connectivity index (χ0v) is 11.2. The molecule has 1 atom stereocenters. The summed E-state index contributed by atoms with van der Waals surface area (Å²) in [5.41, 5.74) is 2.39. The topological polar surface area (TPSA) is 33.1 Å². The number of aromatic nitrogens is 2. The second-order valence-electron chi connectivity index (χ2n) is 5.17. The molecule has 0 aliphatic carbocycles. The Labute approximate surface area is 104 Å². The Balaban J connectivity index is 1.88. The minimum atomic E-state index is 0.777. The molecule has 1 aliphatic heterocycles. The summed E-state index contributed by atoms with van der Waals surface area (Å²) in [6.07, 6.45) is 5.76. The van der Waals surface area contributed by atoms with Crippen molar-refractivity contribution in [1.82, 2.24) is 14.7 Å². The van der Waals surface area contributed by atoms with Gasteiger partial charge in [-0.05, 0) is 38.8 Å². The lowest BCUT2D eigenvalue weighted by molar-refractivity contribution is 0.217. The van der Waals surface area contributed by atoms with Gasteiger partial charge in [-0.3, -0.25) is 4.68 Å². The quantitative estimate of drug-likeness (QED) is 0.864. The van der Waals surface area contributed by atoms with Gasteiger partial charge in [0.15, 0.2) is 0 Å². The summed E-state index contributed by atoms with van der Waals surface area (Å²) in [5.74, 6) is 0.777. The van der Waals surface area contributed by atoms with Gasteiger partial charge in [-0.25, -0.2) is 0 Å². The number of nitrogens with zero attached hydrogens (tertiary/aromatic N) is 3. The van der Waals surface area contributed by atoms with Crippen LogP contribution in [0.1, 0.15) is 25.5 Å². The van der Waals surface area contributed by atoms with Crippen LogP contribution in [0.2, 0.25) is 0 Å². The molecule has 2 rings (SSSR count). The van der Waals surface area contributed by atoms with E-state index in [1.165, 1.54) is 37.3 Å². The second kappa shape index (κ2) is 5.54. The van der Waals surface area contributed by atoms with Crippen molar-refractivity contribution in [2.24, 2.45) is 13.0 Å². The van der Waals surface area contributed by atoms with Crippen molar-refractivity contribution in [2.45, 2.75) is 26.2 Å². The maximum Gasteiger partial charge on any atom is 0.0853 e. The molecule has 0 aromatic carbocycles. The van der Waals surface area contributed by atoms with Crippen LogP contribution in [-0.4, -0.2) is 41.4 Å². The molecule has 1 aromatic rings. The average Bonchev–Trinajstić information content (AvgIpc) is 2.67. The second-order valence-corrected chi connectivity index (χ2v) is 5.17. The predicted octanol–water partition coefficient (Wildman–Crippen LogP) is 1.74. The molecule has 4 heteroatoms. The van der Waals surface area contributed by atoms with Crippen LogP contribution in [0.5, 0.6) is 0 Å². The largest absolute Gasteiger partial charge is 0.382 e. The van der Waals surface area contributed by atoms with Crippen molar-refractivity contribution < 1.29 is 0 Å². The summed E-state index contributed by atoms with van der Waals surface area (Å²) in [6.45, 7) is 5.70. The van der Waals surface area contributed by atoms with Gasteiger partial charge in [0.05, 0.1) is 11.4 Å². The fourth-order valence-corrected chi connectivity index (χ4v) is 2.64. The van der Waals surface area contributed by atoms with E-state index in [1.54, 1.807) is 0 Å². The molecule has 2 heterocycles. The third-order valence-corrected chi connectivity index (χ3v) is 3.54. The van der Waals surface area contributed by atoms with Gasteiger partial charge in [0.25, 0.3) is 0 Å². The lowest BCUT2D eigenvalue weighted by atomic mass is 9.98. The van der Waals surface area contributed by atoms with Crippen LogP contribution >= 0.6 is 0 Å². The number of hydrogen-bond donors (Lipinski definition) is 1. The van der Waals surface area contributed by atoms with E-state index in [4.69, 9.17) is 0 Å². The summed E-state index contributed by atoms with van der Waals surface area (Å²) < 4.78 is 1.90. The van der Waals surface area contributed by atoms with Crippen molar-refractivity contribution in [3.05, 3.63) is 11.9 Å². The molecule has 0 spiro atoms. The van der Waals surface area contributed by atoms with Crippen LogP contribution in [-0.2, 0) is 13.5 Å². The van der Waals surface area contributed by atoms with Crippen LogP contribution in [0.3, 0.4) is 0 Å². The van der Waals surface area contributed by atoms with E-state index < -0.39 is 0 Å². The van der Waals surface area contributed by atoms with E-state index in [2.05, 4.69) is 35.5 Å². The minimum Gasteiger partial charge on any atom is -0.382 e. The number of hydrogen-bond acceptors (Lipinski definition) is 3. The van der Waals surface area contributed by atoms with Gasteiger partial charge in [0, 0.05) is 26.3 Å². The van der Waals surface area contributed by atoms with E-state index in [0.29, 0.717) is 0 Å². The Morgan fingerprint density at radius 1 is 1.47 bits per heavy atom. The van der Waals surface area contributed by atoms with Crippen LogP contribution < -0.4 is 5.32 Å². The van der Waals surface area contributed by atoms with Crippen molar-refractivity contribution in [3.63, 3.8) is 0 Å². The molecule has 17 heavy (non-hydrogen) atoms. The van der Waals surface area contributed by atoms with E-state index >= 15 is 0 Å². The molecule has 96 valence electrons. The molecule has 1 saturated heterocycles. The highest BCUT2D eigenvalue weighted by atomic mass is 15.3. The van der Waals surface area contributed by atoms with Gasteiger partial charge in [-0.1, -0.05) is 6.92 Å². The highest BCUT2D eigenvalue weighted by Gasteiger charge is 2.17. The summed E-state index contributed by atoms with van der Waals surface area (Å²) in [5, 5.41) is 8.02. The first-order chi connectivity index (χ1) is 8.19. The highest BCUT2D eigenvalue weighted by molar-refractivity contribution is 5.46. The van der Waals surface area contributed by atoms with Gasteiger partial charge in [-0.15, -0.1) is 0 Å². The molecule has 1 unspecified atom stereocenters. The first-order valence-electron chi connectivity index (χ1n) is 6.64. The summed E-state index contributed by atoms with van der Waals surface area (Å²) in [4.78, 5) is 2.43. The zero-order chi connectivity index (χ0) is 12.3. The summed E-state index contributed by atoms with van der Waals surface area (Å²) >= 11 is 0. The molecule has 1 aliphatic rings. The lowest BCUT2D eigenvalue weighted by Crippen LogP contribution is -2.35. The van der Waals surface area contributed by atoms with Crippen LogP contribution in [0.4, 0.5) is 5.69 Å². The van der Waals surface area contributed by atoms with Crippen LogP contribution in [0, 0.1) is 5.92 Å². The zero-order valence-electron chi connectivity index (χ0n) is 11.2. The first-order valence-corrected chi connectivity index (χ1v) is 6.64. The van der Waals surface area contributed by atoms with E-state index in [-0.39, 0.29) is 0 Å². The Morgan fingerprint density at radius 3 is 3.00 bits per heavy atom. The predicted molar refractivity (Wildman–Crippen MR) is 71.3 cm³/mol. The maximum absolute atomic E-state index is 4.45. The molecule has 0 saturated carbocycles. The fraction of sp³-hybridized carbons (Fsp3) is 0.769. The monoisotopic (exact) mass is 236 g/mol. The fourth-order valence-electron chi connectivity index (χ4n) is 2.64. The van der Waals surface area contributed by atoms with E-state index in [9.17, 15) is 0 Å². The molecular weight excluding hydrogens is 212 g/mol. The third kappa shape index (κ3) is 3.22. The van der Waals surface area contributed by atoms with Crippen molar-refractivity contribution in [2.75, 3.05) is 32.0 Å². The maximum atomic E-state index is 4.45. The van der Waals surface area contributed by atoms with E-state index in [1.807, 2.05) is 11.7 Å². The molecule has 1 fully saturated rings. The normalized spacial score (nSPS) is 21.7. The van der Waals surface area contributed by atoms with Gasteiger partial charge >= 0.3 is 0 Å². The molecule has 4 nitrogen and oxygen atoms in total. The van der Waals surface area contributed by atoms with Gasteiger partial charge in [0.2, 0.25) is 0 Å². The van der Waals surface area contributed by atoms with Gasteiger partial charge < -0.3 is 10.2 Å². The number of anilines is 1. The number of aryl methyl sites for hydroxylation is 2. The standard InChI is InChI=1S/C13H24N4/c1-4-12-13(10-17(3)15-12)14-8-11-6-5-7-16(2)9-11/h10-11,14H,4-9H2,1-3H3. The van der Waals surface area contributed by atoms with Gasteiger partial charge in [-0.2, -0.15) is 5.10 Å². The van der Waals surface area contributed by atoms with Gasteiger partial charge in [0.1, 0.15) is 0 Å². The molecule has 0 radical (unpaired) electrons. The lowest BCUT2D eigenvalue weighted by Gasteiger charge is -2.29. The Hall–Kier alpha value is -1.03. The van der Waals surface area contributed by atoms with Crippen LogP contribution in [0.25, 0.3) is 0 Å². The van der Waals surface area contributed by atoms with Crippen molar-refractivity contribution >= 4 is 5.69 Å². The summed E-state index contributed by atoms with van der Waals surface area (Å²) in [6, 6.07) is 0. The molecule has 0 bridgehead atoms. The Bertz CT molecular complexity index is 358. The average molecular weight is 236 g/mol. The Kier molecular flexibility index (Phi) is 4.05. The van der Waals surface area contributed by atoms with Crippen LogP contribution in [0.15, 0.2) is 6.20 Å².